The second-order valence-electron chi connectivity index (χ2n) is 5.98. The molecule has 0 aliphatic heterocycles. The van der Waals surface area contributed by atoms with E-state index >= 15 is 0 Å². The van der Waals surface area contributed by atoms with Crippen LogP contribution in [0.3, 0.4) is 0 Å². The maximum absolute atomic E-state index is 12.2. The summed E-state index contributed by atoms with van der Waals surface area (Å²) in [5.74, 6) is -0.489. The van der Waals surface area contributed by atoms with Crippen LogP contribution in [0, 0.1) is 12.8 Å². The summed E-state index contributed by atoms with van der Waals surface area (Å²) in [6.45, 7) is 7.43. The molecule has 0 saturated heterocycles. The monoisotopic (exact) mass is 346 g/mol. The Bertz CT molecular complexity index is 710. The highest BCUT2D eigenvalue weighted by molar-refractivity contribution is 7.17. The third kappa shape index (κ3) is 4.64. The number of thiazole rings is 1. The summed E-state index contributed by atoms with van der Waals surface area (Å²) < 4.78 is 5.12. The van der Waals surface area contributed by atoms with Gasteiger partial charge in [0.25, 0.3) is 5.91 Å². The molecule has 1 atom stereocenters. The summed E-state index contributed by atoms with van der Waals surface area (Å²) in [6, 6.07) is 9.68. The number of aromatic nitrogens is 1. The molecule has 0 saturated carbocycles. The van der Waals surface area contributed by atoms with E-state index in [1.165, 1.54) is 11.3 Å². The highest BCUT2D eigenvalue weighted by Crippen LogP contribution is 2.28. The molecule has 0 unspecified atom stereocenters. The lowest BCUT2D eigenvalue weighted by Gasteiger charge is -2.17. The fraction of sp³-hybridized carbons (Fsp3) is 0.389. The zero-order valence-corrected chi connectivity index (χ0v) is 15.1. The van der Waals surface area contributed by atoms with Crippen molar-refractivity contribution in [2.75, 3.05) is 6.61 Å². The van der Waals surface area contributed by atoms with E-state index in [0.29, 0.717) is 16.5 Å². The van der Waals surface area contributed by atoms with E-state index < -0.39 is 5.97 Å². The van der Waals surface area contributed by atoms with E-state index in [0.717, 1.165) is 10.6 Å². The number of carbonyl (C=O) groups excluding carboxylic acids is 2. The van der Waals surface area contributed by atoms with E-state index in [2.05, 4.69) is 10.3 Å². The molecule has 0 radical (unpaired) electrons. The third-order valence-electron chi connectivity index (χ3n) is 3.73. The quantitative estimate of drug-likeness (QED) is 0.814. The highest BCUT2D eigenvalue weighted by Gasteiger charge is 2.19. The Labute approximate surface area is 146 Å². The van der Waals surface area contributed by atoms with Crippen LogP contribution in [0.5, 0.6) is 0 Å². The number of carbonyl (C=O) groups is 2. The molecule has 1 aromatic heterocycles. The van der Waals surface area contributed by atoms with Crippen molar-refractivity contribution >= 4 is 23.2 Å². The number of aryl methyl sites for hydroxylation is 1. The van der Waals surface area contributed by atoms with E-state index in [1.807, 2.05) is 51.1 Å². The van der Waals surface area contributed by atoms with Gasteiger partial charge in [-0.05, 0) is 19.8 Å². The molecular formula is C18H22N2O3S. The molecule has 1 N–H and O–H groups in total. The summed E-state index contributed by atoms with van der Waals surface area (Å²) in [5.41, 5.74) is 1.56. The smallest absolute Gasteiger partial charge is 0.350 e. The molecule has 1 heterocycles. The molecule has 0 bridgehead atoms. The summed E-state index contributed by atoms with van der Waals surface area (Å²) >= 11 is 1.27. The number of rotatable bonds is 6. The normalized spacial score (nSPS) is 12.0. The van der Waals surface area contributed by atoms with Crippen LogP contribution in [0.4, 0.5) is 0 Å². The molecule has 24 heavy (non-hydrogen) atoms. The number of hydrogen-bond donors (Lipinski definition) is 1. The molecule has 0 aliphatic carbocycles. The Morgan fingerprint density at radius 2 is 1.88 bits per heavy atom. The topological polar surface area (TPSA) is 68.3 Å². The number of benzene rings is 1. The number of hydrogen-bond acceptors (Lipinski definition) is 5. The molecule has 0 fully saturated rings. The van der Waals surface area contributed by atoms with Gasteiger partial charge in [-0.3, -0.25) is 4.79 Å². The van der Waals surface area contributed by atoms with E-state index in [-0.39, 0.29) is 18.6 Å². The van der Waals surface area contributed by atoms with Gasteiger partial charge in [-0.1, -0.05) is 44.2 Å². The second kappa shape index (κ2) is 8.06. The predicted molar refractivity (Wildman–Crippen MR) is 95.0 cm³/mol. The first-order valence-corrected chi connectivity index (χ1v) is 8.69. The first-order chi connectivity index (χ1) is 11.4. The van der Waals surface area contributed by atoms with Gasteiger partial charge >= 0.3 is 5.97 Å². The average Bonchev–Trinajstić information content (AvgIpc) is 2.95. The molecule has 0 spiro atoms. The first-order valence-electron chi connectivity index (χ1n) is 7.87. The number of nitrogens with zero attached hydrogens (tertiary/aromatic N) is 1. The zero-order chi connectivity index (χ0) is 17.7. The Kier molecular flexibility index (Phi) is 6.09. The molecular weight excluding hydrogens is 324 g/mol. The minimum absolute atomic E-state index is 0.0334. The van der Waals surface area contributed by atoms with Crippen molar-refractivity contribution in [1.82, 2.24) is 10.3 Å². The summed E-state index contributed by atoms with van der Waals surface area (Å²) in [7, 11) is 0. The zero-order valence-electron chi connectivity index (χ0n) is 14.3. The van der Waals surface area contributed by atoms with Gasteiger partial charge in [0, 0.05) is 11.6 Å². The number of esters is 1. The van der Waals surface area contributed by atoms with Crippen molar-refractivity contribution in [2.45, 2.75) is 33.7 Å². The molecule has 128 valence electrons. The molecule has 1 aromatic carbocycles. The van der Waals surface area contributed by atoms with E-state index in [4.69, 9.17) is 4.74 Å². The Morgan fingerprint density at radius 3 is 2.50 bits per heavy atom. The number of nitrogens with one attached hydrogen (secondary N) is 1. The maximum Gasteiger partial charge on any atom is 0.350 e. The van der Waals surface area contributed by atoms with Gasteiger partial charge in [0.2, 0.25) is 0 Å². The van der Waals surface area contributed by atoms with Gasteiger partial charge in [-0.25, -0.2) is 9.78 Å². The van der Waals surface area contributed by atoms with Crippen molar-refractivity contribution in [1.29, 1.82) is 0 Å². The van der Waals surface area contributed by atoms with Crippen LogP contribution in [0.25, 0.3) is 10.6 Å². The summed E-state index contributed by atoms with van der Waals surface area (Å²) in [6.07, 6.45) is 0. The molecule has 0 aliphatic rings. The van der Waals surface area contributed by atoms with Gasteiger partial charge in [-0.2, -0.15) is 0 Å². The average molecular weight is 346 g/mol. The maximum atomic E-state index is 12.2. The second-order valence-corrected chi connectivity index (χ2v) is 6.97. The Morgan fingerprint density at radius 1 is 1.21 bits per heavy atom. The Balaban J connectivity index is 1.98. The molecule has 6 heteroatoms. The SMILES string of the molecule is Cc1nc(-c2ccccc2)sc1C(=O)OCC(=O)N[C@@H](C)C(C)C. The highest BCUT2D eigenvalue weighted by atomic mass is 32.1. The Hall–Kier alpha value is -2.21. The van der Waals surface area contributed by atoms with Gasteiger partial charge < -0.3 is 10.1 Å². The van der Waals surface area contributed by atoms with Crippen LogP contribution in [0.15, 0.2) is 30.3 Å². The van der Waals surface area contributed by atoms with Crippen molar-refractivity contribution in [3.63, 3.8) is 0 Å². The van der Waals surface area contributed by atoms with E-state index in [9.17, 15) is 9.59 Å². The van der Waals surface area contributed by atoms with Crippen molar-refractivity contribution in [2.24, 2.45) is 5.92 Å². The molecule has 2 aromatic rings. The van der Waals surface area contributed by atoms with Gasteiger partial charge in [0.15, 0.2) is 6.61 Å². The van der Waals surface area contributed by atoms with Gasteiger partial charge in [0.05, 0.1) is 5.69 Å². The lowest BCUT2D eigenvalue weighted by molar-refractivity contribution is -0.125. The first kappa shape index (κ1) is 18.1. The number of ether oxygens (including phenoxy) is 1. The van der Waals surface area contributed by atoms with Crippen LogP contribution in [0.2, 0.25) is 0 Å². The van der Waals surface area contributed by atoms with Gasteiger partial charge in [-0.15, -0.1) is 11.3 Å². The molecule has 5 nitrogen and oxygen atoms in total. The summed E-state index contributed by atoms with van der Waals surface area (Å²) in [4.78, 5) is 28.9. The third-order valence-corrected chi connectivity index (χ3v) is 4.91. The van der Waals surface area contributed by atoms with Crippen LogP contribution in [-0.2, 0) is 9.53 Å². The van der Waals surface area contributed by atoms with Crippen LogP contribution < -0.4 is 5.32 Å². The molecule has 1 amide bonds. The fourth-order valence-electron chi connectivity index (χ4n) is 1.95. The van der Waals surface area contributed by atoms with Crippen LogP contribution in [0.1, 0.15) is 36.1 Å². The predicted octanol–water partition coefficient (Wildman–Crippen LogP) is 3.44. The van der Waals surface area contributed by atoms with Crippen LogP contribution in [-0.4, -0.2) is 29.5 Å². The number of amides is 1. The largest absolute Gasteiger partial charge is 0.451 e. The fourth-order valence-corrected chi connectivity index (χ4v) is 2.91. The van der Waals surface area contributed by atoms with Crippen molar-refractivity contribution in [3.8, 4) is 10.6 Å². The molecule has 2 rings (SSSR count). The van der Waals surface area contributed by atoms with Crippen LogP contribution >= 0.6 is 11.3 Å². The minimum atomic E-state index is -0.514. The summed E-state index contributed by atoms with van der Waals surface area (Å²) in [5, 5.41) is 3.57. The van der Waals surface area contributed by atoms with E-state index in [1.54, 1.807) is 6.92 Å². The lowest BCUT2D eigenvalue weighted by atomic mass is 10.1. The van der Waals surface area contributed by atoms with Crippen molar-refractivity contribution < 1.29 is 14.3 Å². The van der Waals surface area contributed by atoms with Gasteiger partial charge in [0.1, 0.15) is 9.88 Å². The lowest BCUT2D eigenvalue weighted by Crippen LogP contribution is -2.38. The minimum Gasteiger partial charge on any atom is -0.451 e. The van der Waals surface area contributed by atoms with Crippen molar-refractivity contribution in [3.05, 3.63) is 40.9 Å². The standard InChI is InChI=1S/C18H22N2O3S/c1-11(2)12(3)19-15(21)10-23-18(22)16-13(4)20-17(24-16)14-8-6-5-7-9-14/h5-9,11-12H,10H2,1-4H3,(H,19,21)/t12-/m0/s1.